The number of rotatable bonds is 5. The Labute approximate surface area is 144 Å². The Morgan fingerprint density at radius 1 is 0.833 bits per heavy atom. The van der Waals surface area contributed by atoms with E-state index in [1.54, 1.807) is 14.2 Å². The van der Waals surface area contributed by atoms with Crippen LogP contribution in [0.5, 0.6) is 11.5 Å². The summed E-state index contributed by atoms with van der Waals surface area (Å²) in [6.45, 7) is 7.30. The number of aryl methyl sites for hydroxylation is 1. The molecule has 1 heterocycles. The maximum Gasteiger partial charge on any atom is 0.122 e. The lowest BCUT2D eigenvalue weighted by atomic mass is 10.1. The molecular formula is C20H26N2O2. The molecule has 0 aliphatic carbocycles. The van der Waals surface area contributed by atoms with E-state index in [4.69, 9.17) is 9.47 Å². The number of anilines is 1. The minimum absolute atomic E-state index is 0.850. The van der Waals surface area contributed by atoms with E-state index in [1.807, 2.05) is 6.07 Å². The Bertz CT molecular complexity index is 640. The van der Waals surface area contributed by atoms with Gasteiger partial charge in [-0.05, 0) is 36.8 Å². The Morgan fingerprint density at radius 2 is 1.42 bits per heavy atom. The minimum Gasteiger partial charge on any atom is -0.497 e. The van der Waals surface area contributed by atoms with Gasteiger partial charge < -0.3 is 14.4 Å². The Balaban J connectivity index is 1.60. The van der Waals surface area contributed by atoms with Crippen LogP contribution in [0, 0.1) is 6.92 Å². The van der Waals surface area contributed by atoms with Gasteiger partial charge in [-0.2, -0.15) is 0 Å². The topological polar surface area (TPSA) is 24.9 Å². The second-order valence-corrected chi connectivity index (χ2v) is 6.32. The number of ether oxygens (including phenoxy) is 2. The van der Waals surface area contributed by atoms with Crippen LogP contribution in [0.3, 0.4) is 0 Å². The standard InChI is InChI=1S/C20H26N2O2/c1-16-4-6-18(7-5-16)22-10-8-21(9-11-22)15-17-12-19(23-2)14-20(13-17)24-3/h4-7,12-14H,8-11,15H2,1-3H3. The van der Waals surface area contributed by atoms with Crippen LogP contribution >= 0.6 is 0 Å². The summed E-state index contributed by atoms with van der Waals surface area (Å²) in [5.41, 5.74) is 3.86. The van der Waals surface area contributed by atoms with Crippen molar-refractivity contribution in [3.63, 3.8) is 0 Å². The second-order valence-electron chi connectivity index (χ2n) is 6.32. The van der Waals surface area contributed by atoms with Gasteiger partial charge in [-0.15, -0.1) is 0 Å². The quantitative estimate of drug-likeness (QED) is 0.841. The van der Waals surface area contributed by atoms with E-state index in [2.05, 4.69) is 53.1 Å². The van der Waals surface area contributed by atoms with Crippen LogP contribution in [0.1, 0.15) is 11.1 Å². The van der Waals surface area contributed by atoms with Gasteiger partial charge >= 0.3 is 0 Å². The Kier molecular flexibility index (Phi) is 5.26. The molecule has 1 fully saturated rings. The van der Waals surface area contributed by atoms with Gasteiger partial charge in [0.25, 0.3) is 0 Å². The molecule has 2 aromatic carbocycles. The van der Waals surface area contributed by atoms with E-state index in [-0.39, 0.29) is 0 Å². The molecule has 3 rings (SSSR count). The molecular weight excluding hydrogens is 300 g/mol. The van der Waals surface area contributed by atoms with Crippen molar-refractivity contribution >= 4 is 5.69 Å². The molecule has 0 saturated carbocycles. The fraction of sp³-hybridized carbons (Fsp3) is 0.400. The van der Waals surface area contributed by atoms with Gasteiger partial charge in [0.05, 0.1) is 14.2 Å². The predicted molar refractivity (Wildman–Crippen MR) is 98.2 cm³/mol. The molecule has 4 heteroatoms. The lowest BCUT2D eigenvalue weighted by Gasteiger charge is -2.36. The van der Waals surface area contributed by atoms with Crippen molar-refractivity contribution in [1.82, 2.24) is 4.90 Å². The van der Waals surface area contributed by atoms with Crippen LogP contribution in [-0.2, 0) is 6.54 Å². The van der Waals surface area contributed by atoms with Crippen molar-refractivity contribution in [2.45, 2.75) is 13.5 Å². The number of benzene rings is 2. The maximum atomic E-state index is 5.36. The summed E-state index contributed by atoms with van der Waals surface area (Å²) in [4.78, 5) is 4.95. The number of hydrogen-bond donors (Lipinski definition) is 0. The highest BCUT2D eigenvalue weighted by atomic mass is 16.5. The number of methoxy groups -OCH3 is 2. The van der Waals surface area contributed by atoms with Gasteiger partial charge in [0.1, 0.15) is 11.5 Å². The molecule has 24 heavy (non-hydrogen) atoms. The Hall–Kier alpha value is -2.20. The first-order valence-electron chi connectivity index (χ1n) is 8.44. The molecule has 0 atom stereocenters. The summed E-state index contributed by atoms with van der Waals surface area (Å²) in [7, 11) is 3.39. The first-order valence-corrected chi connectivity index (χ1v) is 8.44. The fourth-order valence-electron chi connectivity index (χ4n) is 3.14. The third-order valence-corrected chi connectivity index (χ3v) is 4.59. The van der Waals surface area contributed by atoms with Crippen molar-refractivity contribution in [3.8, 4) is 11.5 Å². The molecule has 0 N–H and O–H groups in total. The van der Waals surface area contributed by atoms with Gasteiger partial charge in [0, 0.05) is 44.5 Å². The molecule has 2 aromatic rings. The molecule has 0 radical (unpaired) electrons. The molecule has 1 saturated heterocycles. The zero-order valence-corrected chi connectivity index (χ0v) is 14.8. The number of piperazine rings is 1. The van der Waals surface area contributed by atoms with Gasteiger partial charge in [0.2, 0.25) is 0 Å². The molecule has 128 valence electrons. The van der Waals surface area contributed by atoms with Crippen LogP contribution in [0.2, 0.25) is 0 Å². The van der Waals surface area contributed by atoms with Gasteiger partial charge in [0.15, 0.2) is 0 Å². The lowest BCUT2D eigenvalue weighted by Crippen LogP contribution is -2.45. The van der Waals surface area contributed by atoms with Crippen molar-refractivity contribution in [3.05, 3.63) is 53.6 Å². The third kappa shape index (κ3) is 4.01. The van der Waals surface area contributed by atoms with Gasteiger partial charge in [-0.25, -0.2) is 0 Å². The largest absolute Gasteiger partial charge is 0.497 e. The van der Waals surface area contributed by atoms with Crippen molar-refractivity contribution in [1.29, 1.82) is 0 Å². The van der Waals surface area contributed by atoms with Gasteiger partial charge in [-0.1, -0.05) is 17.7 Å². The third-order valence-electron chi connectivity index (χ3n) is 4.59. The minimum atomic E-state index is 0.850. The highest BCUT2D eigenvalue weighted by Crippen LogP contribution is 2.24. The van der Waals surface area contributed by atoms with Gasteiger partial charge in [-0.3, -0.25) is 4.90 Å². The Morgan fingerprint density at radius 3 is 1.96 bits per heavy atom. The number of nitrogens with zero attached hydrogens (tertiary/aromatic N) is 2. The van der Waals surface area contributed by atoms with E-state index in [0.29, 0.717) is 0 Å². The van der Waals surface area contributed by atoms with Crippen LogP contribution < -0.4 is 14.4 Å². The van der Waals surface area contributed by atoms with Crippen molar-refractivity contribution < 1.29 is 9.47 Å². The van der Waals surface area contributed by atoms with E-state index < -0.39 is 0 Å². The molecule has 0 amide bonds. The van der Waals surface area contributed by atoms with E-state index >= 15 is 0 Å². The highest BCUT2D eigenvalue weighted by Gasteiger charge is 2.17. The van der Waals surface area contributed by atoms with Crippen LogP contribution in [0.15, 0.2) is 42.5 Å². The van der Waals surface area contributed by atoms with Crippen LogP contribution in [-0.4, -0.2) is 45.3 Å². The summed E-state index contributed by atoms with van der Waals surface area (Å²) in [6.07, 6.45) is 0. The second kappa shape index (κ2) is 7.58. The molecule has 1 aliphatic heterocycles. The average Bonchev–Trinajstić information content (AvgIpc) is 2.62. The molecule has 0 aromatic heterocycles. The molecule has 0 spiro atoms. The highest BCUT2D eigenvalue weighted by molar-refractivity contribution is 5.48. The first-order chi connectivity index (χ1) is 11.7. The zero-order valence-electron chi connectivity index (χ0n) is 14.8. The molecule has 0 unspecified atom stereocenters. The van der Waals surface area contributed by atoms with Crippen LogP contribution in [0.25, 0.3) is 0 Å². The first kappa shape index (κ1) is 16.7. The summed E-state index contributed by atoms with van der Waals surface area (Å²) in [5, 5.41) is 0. The average molecular weight is 326 g/mol. The molecule has 1 aliphatic rings. The summed E-state index contributed by atoms with van der Waals surface area (Å²) >= 11 is 0. The normalized spacial score (nSPS) is 15.4. The van der Waals surface area contributed by atoms with Crippen molar-refractivity contribution in [2.24, 2.45) is 0 Å². The summed E-state index contributed by atoms with van der Waals surface area (Å²) < 4.78 is 10.7. The lowest BCUT2D eigenvalue weighted by molar-refractivity contribution is 0.249. The van der Waals surface area contributed by atoms with E-state index in [1.165, 1.54) is 16.8 Å². The van der Waals surface area contributed by atoms with Crippen LogP contribution in [0.4, 0.5) is 5.69 Å². The SMILES string of the molecule is COc1cc(CN2CCN(c3ccc(C)cc3)CC2)cc(OC)c1. The fourth-order valence-corrected chi connectivity index (χ4v) is 3.14. The monoisotopic (exact) mass is 326 g/mol. The maximum absolute atomic E-state index is 5.36. The predicted octanol–water partition coefficient (Wildman–Crippen LogP) is 3.33. The summed E-state index contributed by atoms with van der Waals surface area (Å²) in [5.74, 6) is 1.70. The number of hydrogen-bond acceptors (Lipinski definition) is 4. The van der Waals surface area contributed by atoms with Crippen molar-refractivity contribution in [2.75, 3.05) is 45.3 Å². The van der Waals surface area contributed by atoms with E-state index in [0.717, 1.165) is 44.2 Å². The summed E-state index contributed by atoms with van der Waals surface area (Å²) in [6, 6.07) is 14.9. The zero-order chi connectivity index (χ0) is 16.9. The molecule has 4 nitrogen and oxygen atoms in total. The van der Waals surface area contributed by atoms with E-state index in [9.17, 15) is 0 Å². The molecule has 0 bridgehead atoms. The smallest absolute Gasteiger partial charge is 0.122 e.